The van der Waals surface area contributed by atoms with Gasteiger partial charge in [0.05, 0.1) is 11.1 Å². The molecule has 0 fully saturated rings. The van der Waals surface area contributed by atoms with Crippen LogP contribution in [-0.4, -0.2) is 18.2 Å². The van der Waals surface area contributed by atoms with Crippen LogP contribution in [0.2, 0.25) is 0 Å². The first-order valence-electron chi connectivity index (χ1n) is 5.08. The maximum atomic E-state index is 11.6. The Balaban J connectivity index is 2.49. The van der Waals surface area contributed by atoms with Gasteiger partial charge in [0.15, 0.2) is 0 Å². The van der Waals surface area contributed by atoms with Gasteiger partial charge in [-0.2, -0.15) is 0 Å². The monoisotopic (exact) mass is 244 g/mol. The number of cyclic esters (lactones) is 2. The average molecular weight is 244 g/mol. The van der Waals surface area contributed by atoms with Crippen LogP contribution in [-0.2, 0) is 4.74 Å². The Hall–Kier alpha value is -1.81. The maximum Gasteiger partial charge on any atom is 0.347 e. The molecule has 3 rings (SSSR count). The van der Waals surface area contributed by atoms with Gasteiger partial charge in [0.1, 0.15) is 0 Å². The van der Waals surface area contributed by atoms with E-state index in [9.17, 15) is 9.59 Å². The van der Waals surface area contributed by atoms with Gasteiger partial charge in [-0.15, -0.1) is 11.8 Å². The summed E-state index contributed by atoms with van der Waals surface area (Å²) < 4.78 is 4.65. The highest BCUT2D eigenvalue weighted by Gasteiger charge is 2.32. The Labute approximate surface area is 102 Å². The van der Waals surface area contributed by atoms with Crippen LogP contribution in [0.4, 0.5) is 0 Å². The van der Waals surface area contributed by atoms with Crippen LogP contribution in [0.1, 0.15) is 20.7 Å². The Morgan fingerprint density at radius 3 is 2.47 bits per heavy atom. The second-order valence-corrected chi connectivity index (χ2v) is 4.57. The molecule has 0 saturated carbocycles. The van der Waals surface area contributed by atoms with Gasteiger partial charge >= 0.3 is 11.9 Å². The Morgan fingerprint density at radius 1 is 1.06 bits per heavy atom. The zero-order chi connectivity index (χ0) is 12.0. The number of hydrogen-bond donors (Lipinski definition) is 0. The molecule has 2 aromatic carbocycles. The Kier molecular flexibility index (Phi) is 2.19. The zero-order valence-electron chi connectivity index (χ0n) is 9.02. The molecule has 0 aromatic heterocycles. The summed E-state index contributed by atoms with van der Waals surface area (Å²) in [5.41, 5.74) is 0.765. The predicted molar refractivity (Wildman–Crippen MR) is 65.5 cm³/mol. The van der Waals surface area contributed by atoms with Crippen molar-refractivity contribution < 1.29 is 14.3 Å². The number of carbonyl (C=O) groups excluding carboxylic acids is 2. The van der Waals surface area contributed by atoms with Crippen LogP contribution in [0.3, 0.4) is 0 Å². The van der Waals surface area contributed by atoms with Crippen LogP contribution in [0.25, 0.3) is 10.8 Å². The number of ether oxygens (including phenoxy) is 1. The summed E-state index contributed by atoms with van der Waals surface area (Å²) in [7, 11) is 0. The fourth-order valence-electron chi connectivity index (χ4n) is 2.08. The Morgan fingerprint density at radius 2 is 1.76 bits per heavy atom. The Bertz CT molecular complexity index is 661. The standard InChI is InChI=1S/C13H8O3S/c1-17-10-6-9-11(13(15)16-12(9)14)8-5-3-2-4-7(8)10/h2-6H,1H3. The van der Waals surface area contributed by atoms with Crippen molar-refractivity contribution in [3.8, 4) is 0 Å². The minimum absolute atomic E-state index is 0.373. The molecule has 4 heteroatoms. The topological polar surface area (TPSA) is 43.4 Å². The zero-order valence-corrected chi connectivity index (χ0v) is 9.84. The van der Waals surface area contributed by atoms with E-state index in [-0.39, 0.29) is 0 Å². The first-order valence-corrected chi connectivity index (χ1v) is 6.31. The highest BCUT2D eigenvalue weighted by Crippen LogP contribution is 2.34. The lowest BCUT2D eigenvalue weighted by atomic mass is 10.0. The van der Waals surface area contributed by atoms with E-state index in [0.717, 1.165) is 15.7 Å². The van der Waals surface area contributed by atoms with Crippen LogP contribution >= 0.6 is 11.8 Å². The van der Waals surface area contributed by atoms with Crippen LogP contribution < -0.4 is 0 Å². The molecule has 0 N–H and O–H groups in total. The van der Waals surface area contributed by atoms with E-state index in [1.54, 1.807) is 17.8 Å². The molecule has 0 saturated heterocycles. The van der Waals surface area contributed by atoms with E-state index < -0.39 is 11.9 Å². The molecular weight excluding hydrogens is 236 g/mol. The molecule has 0 atom stereocenters. The third-order valence-corrected chi connectivity index (χ3v) is 3.61. The summed E-state index contributed by atoms with van der Waals surface area (Å²) in [5, 5.41) is 1.76. The molecule has 1 heterocycles. The van der Waals surface area contributed by atoms with Crippen molar-refractivity contribution in [1.29, 1.82) is 0 Å². The van der Waals surface area contributed by atoms with Crippen LogP contribution in [0.5, 0.6) is 0 Å². The predicted octanol–water partition coefficient (Wildman–Crippen LogP) is 2.87. The summed E-state index contributed by atoms with van der Waals surface area (Å²) in [5.74, 6) is -1.10. The molecule has 2 aromatic rings. The van der Waals surface area contributed by atoms with Gasteiger partial charge in [-0.25, -0.2) is 9.59 Å². The van der Waals surface area contributed by atoms with Gasteiger partial charge in [0.25, 0.3) is 0 Å². The van der Waals surface area contributed by atoms with Crippen LogP contribution in [0, 0.1) is 0 Å². The third kappa shape index (κ3) is 1.37. The molecule has 17 heavy (non-hydrogen) atoms. The molecule has 1 aliphatic heterocycles. The van der Waals surface area contributed by atoms with E-state index in [4.69, 9.17) is 0 Å². The first-order chi connectivity index (χ1) is 8.22. The summed E-state index contributed by atoms with van der Waals surface area (Å²) in [6.07, 6.45) is 1.94. The van der Waals surface area contributed by atoms with Crippen molar-refractivity contribution in [2.45, 2.75) is 4.90 Å². The normalized spacial score (nSPS) is 13.9. The van der Waals surface area contributed by atoms with Gasteiger partial charge in [0, 0.05) is 4.90 Å². The molecule has 0 bridgehead atoms. The van der Waals surface area contributed by atoms with Gasteiger partial charge in [0.2, 0.25) is 0 Å². The molecule has 0 unspecified atom stereocenters. The number of thioether (sulfide) groups is 1. The number of rotatable bonds is 1. The lowest BCUT2D eigenvalue weighted by molar-refractivity contribution is 0.0444. The van der Waals surface area contributed by atoms with Gasteiger partial charge in [-0.05, 0) is 23.1 Å². The van der Waals surface area contributed by atoms with Crippen molar-refractivity contribution in [3.63, 3.8) is 0 Å². The van der Waals surface area contributed by atoms with Crippen molar-refractivity contribution >= 4 is 34.5 Å². The smallest absolute Gasteiger partial charge is 0.347 e. The van der Waals surface area contributed by atoms with Crippen LogP contribution in [0.15, 0.2) is 35.2 Å². The molecule has 1 aliphatic rings. The molecule has 0 amide bonds. The molecular formula is C13H8O3S. The SMILES string of the molecule is CSc1cc2c(c3ccccc13)C(=O)OC2=O. The first kappa shape index (κ1) is 10.4. The van der Waals surface area contributed by atoms with Gasteiger partial charge in [-0.3, -0.25) is 0 Å². The molecule has 0 aliphatic carbocycles. The molecule has 0 radical (unpaired) electrons. The summed E-state index contributed by atoms with van der Waals surface area (Å²) in [6.45, 7) is 0. The summed E-state index contributed by atoms with van der Waals surface area (Å²) in [6, 6.07) is 9.28. The van der Waals surface area contributed by atoms with Crippen molar-refractivity contribution in [3.05, 3.63) is 41.5 Å². The van der Waals surface area contributed by atoms with E-state index in [2.05, 4.69) is 4.74 Å². The number of benzene rings is 2. The van der Waals surface area contributed by atoms with Crippen molar-refractivity contribution in [1.82, 2.24) is 0 Å². The largest absolute Gasteiger partial charge is 0.386 e. The number of carbonyl (C=O) groups is 2. The van der Waals surface area contributed by atoms with E-state index >= 15 is 0 Å². The average Bonchev–Trinajstić information content (AvgIpc) is 2.64. The van der Waals surface area contributed by atoms with Crippen molar-refractivity contribution in [2.75, 3.05) is 6.26 Å². The third-order valence-electron chi connectivity index (χ3n) is 2.84. The molecule has 84 valence electrons. The molecule has 3 nitrogen and oxygen atoms in total. The molecule has 0 spiro atoms. The lowest BCUT2D eigenvalue weighted by Gasteiger charge is -2.06. The second kappa shape index (κ2) is 3.60. The number of hydrogen-bond acceptors (Lipinski definition) is 4. The number of fused-ring (bicyclic) bond motifs is 3. The summed E-state index contributed by atoms with van der Waals surface area (Å²) in [4.78, 5) is 24.2. The maximum absolute atomic E-state index is 11.6. The highest BCUT2D eigenvalue weighted by atomic mass is 32.2. The van der Waals surface area contributed by atoms with Gasteiger partial charge < -0.3 is 4.74 Å². The number of esters is 2. The minimum Gasteiger partial charge on any atom is -0.386 e. The summed E-state index contributed by atoms with van der Waals surface area (Å²) >= 11 is 1.55. The second-order valence-electron chi connectivity index (χ2n) is 3.72. The van der Waals surface area contributed by atoms with Gasteiger partial charge in [-0.1, -0.05) is 24.3 Å². The van der Waals surface area contributed by atoms with Crippen molar-refractivity contribution in [2.24, 2.45) is 0 Å². The van der Waals surface area contributed by atoms with E-state index in [0.29, 0.717) is 11.1 Å². The highest BCUT2D eigenvalue weighted by molar-refractivity contribution is 7.98. The lowest BCUT2D eigenvalue weighted by Crippen LogP contribution is -1.97. The quantitative estimate of drug-likeness (QED) is 0.439. The fourth-order valence-corrected chi connectivity index (χ4v) is 2.72. The van der Waals surface area contributed by atoms with E-state index in [1.165, 1.54) is 0 Å². The fraction of sp³-hybridized carbons (Fsp3) is 0.0769. The minimum atomic E-state index is -0.550. The van der Waals surface area contributed by atoms with E-state index in [1.807, 2.05) is 30.5 Å².